The van der Waals surface area contributed by atoms with Crippen LogP contribution in [0.5, 0.6) is 0 Å². The number of carboxylic acids is 1. The van der Waals surface area contributed by atoms with Gasteiger partial charge in [-0.3, -0.25) is 9.59 Å². The number of rotatable bonds is 7. The van der Waals surface area contributed by atoms with E-state index in [1.807, 2.05) is 0 Å². The summed E-state index contributed by atoms with van der Waals surface area (Å²) in [5, 5.41) is 12.0. The van der Waals surface area contributed by atoms with Crippen molar-refractivity contribution in [2.45, 2.75) is 55.9 Å². The number of benzene rings is 1. The second kappa shape index (κ2) is 7.34. The summed E-state index contributed by atoms with van der Waals surface area (Å²) in [6.07, 6.45) is 3.08. The van der Waals surface area contributed by atoms with Crippen LogP contribution >= 0.6 is 0 Å². The Morgan fingerprint density at radius 1 is 1.25 bits per heavy atom. The van der Waals surface area contributed by atoms with Crippen LogP contribution in [0.1, 0.15) is 44.6 Å². The highest BCUT2D eigenvalue weighted by atomic mass is 32.2. The van der Waals surface area contributed by atoms with Gasteiger partial charge in [0.2, 0.25) is 5.91 Å². The van der Waals surface area contributed by atoms with Crippen molar-refractivity contribution >= 4 is 21.7 Å². The van der Waals surface area contributed by atoms with Gasteiger partial charge in [0.05, 0.1) is 29.0 Å². The van der Waals surface area contributed by atoms with Crippen LogP contribution in [0.25, 0.3) is 0 Å². The zero-order valence-corrected chi connectivity index (χ0v) is 14.6. The molecule has 0 saturated heterocycles. The van der Waals surface area contributed by atoms with E-state index in [0.29, 0.717) is 18.4 Å². The molecule has 6 nitrogen and oxygen atoms in total. The molecule has 24 heavy (non-hydrogen) atoms. The summed E-state index contributed by atoms with van der Waals surface area (Å²) in [4.78, 5) is 23.6. The first-order valence-electron chi connectivity index (χ1n) is 8.11. The second-order valence-electron chi connectivity index (χ2n) is 6.33. The molecule has 2 rings (SSSR count). The average molecular weight is 353 g/mol. The van der Waals surface area contributed by atoms with Crippen LogP contribution in [-0.4, -0.2) is 36.7 Å². The molecule has 2 N–H and O–H groups in total. The Morgan fingerprint density at radius 2 is 1.92 bits per heavy atom. The molecule has 0 unspecified atom stereocenters. The van der Waals surface area contributed by atoms with Gasteiger partial charge in [0.15, 0.2) is 9.84 Å². The third-order valence-electron chi connectivity index (χ3n) is 4.46. The smallest absolute Gasteiger partial charge is 0.305 e. The molecule has 1 aliphatic carbocycles. The summed E-state index contributed by atoms with van der Waals surface area (Å²) in [7, 11) is -3.32. The molecule has 132 valence electrons. The number of nitrogens with one attached hydrogen (secondary N) is 1. The van der Waals surface area contributed by atoms with Crippen molar-refractivity contribution in [2.24, 2.45) is 0 Å². The number of hydrogen-bond acceptors (Lipinski definition) is 4. The minimum Gasteiger partial charge on any atom is -0.481 e. The SMILES string of the molecule is CCS(=O)(=O)c1cccc(CC(=O)NC2(CC(=O)O)CCCC2)c1. The topological polar surface area (TPSA) is 101 Å². The second-order valence-corrected chi connectivity index (χ2v) is 8.61. The number of carbonyl (C=O) groups is 2. The predicted octanol–water partition coefficient (Wildman–Crippen LogP) is 1.93. The quantitative estimate of drug-likeness (QED) is 0.780. The maximum atomic E-state index is 12.3. The number of sulfone groups is 1. The molecule has 1 saturated carbocycles. The normalized spacial score (nSPS) is 16.7. The molecule has 0 spiro atoms. The predicted molar refractivity (Wildman–Crippen MR) is 89.5 cm³/mol. The van der Waals surface area contributed by atoms with Crippen molar-refractivity contribution in [3.05, 3.63) is 29.8 Å². The Bertz CT molecular complexity index is 720. The number of carbonyl (C=O) groups excluding carboxylic acids is 1. The van der Waals surface area contributed by atoms with Crippen molar-refractivity contribution < 1.29 is 23.1 Å². The highest BCUT2D eigenvalue weighted by molar-refractivity contribution is 7.91. The lowest BCUT2D eigenvalue weighted by molar-refractivity contribution is -0.139. The van der Waals surface area contributed by atoms with E-state index in [-0.39, 0.29) is 29.4 Å². The monoisotopic (exact) mass is 353 g/mol. The molecule has 0 aliphatic heterocycles. The fraction of sp³-hybridized carbons (Fsp3) is 0.529. The van der Waals surface area contributed by atoms with Crippen LogP contribution in [0.15, 0.2) is 29.2 Å². The molecule has 0 radical (unpaired) electrons. The van der Waals surface area contributed by atoms with Gasteiger partial charge in [-0.25, -0.2) is 8.42 Å². The first-order valence-corrected chi connectivity index (χ1v) is 9.76. The van der Waals surface area contributed by atoms with Crippen molar-refractivity contribution in [3.63, 3.8) is 0 Å². The van der Waals surface area contributed by atoms with Crippen LogP contribution in [0, 0.1) is 0 Å². The molecule has 1 fully saturated rings. The van der Waals surface area contributed by atoms with Gasteiger partial charge in [0.25, 0.3) is 0 Å². The minimum absolute atomic E-state index is 0.00434. The van der Waals surface area contributed by atoms with E-state index in [2.05, 4.69) is 5.32 Å². The fourth-order valence-electron chi connectivity index (χ4n) is 3.23. The van der Waals surface area contributed by atoms with E-state index in [1.54, 1.807) is 19.1 Å². The fourth-order valence-corrected chi connectivity index (χ4v) is 4.18. The van der Waals surface area contributed by atoms with Crippen molar-refractivity contribution in [2.75, 3.05) is 5.75 Å². The summed E-state index contributed by atoms with van der Waals surface area (Å²) in [6.45, 7) is 1.57. The third kappa shape index (κ3) is 4.56. The Morgan fingerprint density at radius 3 is 2.50 bits per heavy atom. The Kier molecular flexibility index (Phi) is 5.64. The molecule has 0 atom stereocenters. The van der Waals surface area contributed by atoms with Crippen molar-refractivity contribution in [3.8, 4) is 0 Å². The number of hydrogen-bond donors (Lipinski definition) is 2. The molecule has 1 amide bonds. The summed E-state index contributed by atoms with van der Waals surface area (Å²) in [5.74, 6) is -1.19. The van der Waals surface area contributed by atoms with Gasteiger partial charge in [-0.05, 0) is 30.5 Å². The Balaban J connectivity index is 2.09. The standard InChI is InChI=1S/C17H23NO5S/c1-2-24(22,23)14-7-5-6-13(10-14)11-15(19)18-17(12-16(20)21)8-3-4-9-17/h5-7,10H,2-4,8-9,11-12H2,1H3,(H,18,19)(H,20,21). The minimum atomic E-state index is -3.32. The molecule has 1 aliphatic rings. The largest absolute Gasteiger partial charge is 0.481 e. The van der Waals surface area contributed by atoms with E-state index in [9.17, 15) is 18.0 Å². The zero-order chi connectivity index (χ0) is 17.8. The summed E-state index contributed by atoms with van der Waals surface area (Å²) < 4.78 is 23.8. The maximum Gasteiger partial charge on any atom is 0.305 e. The van der Waals surface area contributed by atoms with E-state index >= 15 is 0 Å². The van der Waals surface area contributed by atoms with Gasteiger partial charge >= 0.3 is 5.97 Å². The van der Waals surface area contributed by atoms with Gasteiger partial charge in [-0.15, -0.1) is 0 Å². The third-order valence-corrected chi connectivity index (χ3v) is 6.19. The van der Waals surface area contributed by atoms with E-state index in [1.165, 1.54) is 12.1 Å². The highest BCUT2D eigenvalue weighted by Crippen LogP contribution is 2.32. The maximum absolute atomic E-state index is 12.3. The van der Waals surface area contributed by atoms with Crippen LogP contribution in [-0.2, 0) is 25.8 Å². The van der Waals surface area contributed by atoms with Gasteiger partial charge in [0, 0.05) is 0 Å². The van der Waals surface area contributed by atoms with Crippen LogP contribution < -0.4 is 5.32 Å². The lowest BCUT2D eigenvalue weighted by Crippen LogP contribution is -2.48. The van der Waals surface area contributed by atoms with Crippen LogP contribution in [0.4, 0.5) is 0 Å². The number of aliphatic carboxylic acids is 1. The molecule has 0 bridgehead atoms. The molecular formula is C17H23NO5S. The molecular weight excluding hydrogens is 330 g/mol. The Hall–Kier alpha value is -1.89. The van der Waals surface area contributed by atoms with Gasteiger partial charge < -0.3 is 10.4 Å². The number of amides is 1. The van der Waals surface area contributed by atoms with E-state index in [0.717, 1.165) is 12.8 Å². The van der Waals surface area contributed by atoms with E-state index < -0.39 is 21.3 Å². The molecule has 0 heterocycles. The lowest BCUT2D eigenvalue weighted by atomic mass is 9.92. The van der Waals surface area contributed by atoms with Crippen LogP contribution in [0.2, 0.25) is 0 Å². The molecule has 7 heteroatoms. The van der Waals surface area contributed by atoms with Gasteiger partial charge in [-0.2, -0.15) is 0 Å². The zero-order valence-electron chi connectivity index (χ0n) is 13.7. The van der Waals surface area contributed by atoms with Gasteiger partial charge in [0.1, 0.15) is 0 Å². The van der Waals surface area contributed by atoms with E-state index in [4.69, 9.17) is 5.11 Å². The first-order chi connectivity index (χ1) is 11.3. The van der Waals surface area contributed by atoms with Crippen LogP contribution in [0.3, 0.4) is 0 Å². The Labute approximate surface area is 142 Å². The average Bonchev–Trinajstić information content (AvgIpc) is 2.94. The van der Waals surface area contributed by atoms with Crippen molar-refractivity contribution in [1.82, 2.24) is 5.32 Å². The van der Waals surface area contributed by atoms with Gasteiger partial charge in [-0.1, -0.05) is 31.9 Å². The molecule has 1 aromatic carbocycles. The molecule has 0 aromatic heterocycles. The molecule has 1 aromatic rings. The summed E-state index contributed by atoms with van der Waals surface area (Å²) in [5.41, 5.74) is -0.0683. The summed E-state index contributed by atoms with van der Waals surface area (Å²) >= 11 is 0. The summed E-state index contributed by atoms with van der Waals surface area (Å²) in [6, 6.07) is 6.35. The lowest BCUT2D eigenvalue weighted by Gasteiger charge is -2.28. The number of carboxylic acid groups (broad SMARTS) is 1. The first kappa shape index (κ1) is 18.4. The van der Waals surface area contributed by atoms with Crippen molar-refractivity contribution in [1.29, 1.82) is 0 Å². The highest BCUT2D eigenvalue weighted by Gasteiger charge is 2.37.